The number of hydrogen-bond donors (Lipinski definition) is 1. The summed E-state index contributed by atoms with van der Waals surface area (Å²) in [7, 11) is 0. The third-order valence-corrected chi connectivity index (χ3v) is 6.37. The number of ether oxygens (including phenoxy) is 1. The maximum atomic E-state index is 12.9. The van der Waals surface area contributed by atoms with Crippen molar-refractivity contribution in [1.29, 1.82) is 0 Å². The molecule has 33 heavy (non-hydrogen) atoms. The Bertz CT molecular complexity index is 1160. The zero-order valence-electron chi connectivity index (χ0n) is 17.7. The summed E-state index contributed by atoms with van der Waals surface area (Å²) in [5.41, 5.74) is 0.654. The minimum atomic E-state index is -0.833. The number of aliphatic hydroxyl groups excluding tert-OH is 1. The quantitative estimate of drug-likeness (QED) is 0.259. The van der Waals surface area contributed by atoms with Crippen LogP contribution in [-0.4, -0.2) is 59.2 Å². The fourth-order valence-electron chi connectivity index (χ4n) is 3.80. The standard InChI is InChI=1S/C20H20N6O6S/c1-11(27)17-15-9-16(33-8-7-24-12(2)21-22-23-24)18(25(15)19(17)28)20(29)32-10-13-3-5-14(6-4-13)26(30)31/h3-8,11,15,17,27H,9-10H2,1-2H3/b8-7+/t11-,15+,17-/m0/s1. The van der Waals surface area contributed by atoms with Gasteiger partial charge < -0.3 is 14.7 Å². The van der Waals surface area contributed by atoms with Gasteiger partial charge in [-0.05, 0) is 47.4 Å². The van der Waals surface area contributed by atoms with Gasteiger partial charge in [-0.25, -0.2) is 9.48 Å². The van der Waals surface area contributed by atoms with Crippen molar-refractivity contribution >= 4 is 35.5 Å². The number of nitrogens with zero attached hydrogens (tertiary/aromatic N) is 6. The minimum absolute atomic E-state index is 0.0648. The van der Waals surface area contributed by atoms with Gasteiger partial charge in [0.25, 0.3) is 5.69 Å². The lowest BCUT2D eigenvalue weighted by molar-refractivity contribution is -0.384. The van der Waals surface area contributed by atoms with Crippen LogP contribution in [0.5, 0.6) is 0 Å². The molecule has 0 saturated carbocycles. The Labute approximate surface area is 192 Å². The van der Waals surface area contributed by atoms with Gasteiger partial charge in [-0.1, -0.05) is 11.8 Å². The number of rotatable bonds is 8. The number of tetrazole rings is 1. The van der Waals surface area contributed by atoms with Gasteiger partial charge in [0, 0.05) is 29.7 Å². The van der Waals surface area contributed by atoms with Gasteiger partial charge >= 0.3 is 5.97 Å². The summed E-state index contributed by atoms with van der Waals surface area (Å²) in [6, 6.07) is 5.34. The summed E-state index contributed by atoms with van der Waals surface area (Å²) in [4.78, 5) is 37.9. The third kappa shape index (κ3) is 4.36. The van der Waals surface area contributed by atoms with Crippen LogP contribution in [0.4, 0.5) is 5.69 Å². The summed E-state index contributed by atoms with van der Waals surface area (Å²) in [6.07, 6.45) is 1.21. The highest BCUT2D eigenvalue weighted by Crippen LogP contribution is 2.47. The molecule has 1 N–H and O–H groups in total. The van der Waals surface area contributed by atoms with Crippen molar-refractivity contribution in [2.75, 3.05) is 0 Å². The number of β-lactam (4-membered cyclic amide) rings is 1. The molecule has 13 heteroatoms. The van der Waals surface area contributed by atoms with E-state index >= 15 is 0 Å². The molecule has 2 aliphatic heterocycles. The Kier molecular flexibility index (Phi) is 6.24. The van der Waals surface area contributed by atoms with E-state index in [2.05, 4.69) is 15.5 Å². The van der Waals surface area contributed by atoms with E-state index in [4.69, 9.17) is 4.74 Å². The number of benzene rings is 1. The molecule has 0 aliphatic carbocycles. The second kappa shape index (κ2) is 9.11. The van der Waals surface area contributed by atoms with E-state index in [-0.39, 0.29) is 29.9 Å². The van der Waals surface area contributed by atoms with Crippen LogP contribution in [0.15, 0.2) is 40.3 Å². The van der Waals surface area contributed by atoms with E-state index in [1.54, 1.807) is 25.5 Å². The Morgan fingerprint density at radius 1 is 1.42 bits per heavy atom. The van der Waals surface area contributed by atoms with E-state index in [0.717, 1.165) is 0 Å². The van der Waals surface area contributed by atoms with E-state index < -0.39 is 22.9 Å². The number of hydrogen-bond acceptors (Lipinski definition) is 10. The van der Waals surface area contributed by atoms with E-state index in [1.165, 1.54) is 45.6 Å². The van der Waals surface area contributed by atoms with Crippen molar-refractivity contribution < 1.29 is 24.4 Å². The topological polar surface area (TPSA) is 154 Å². The highest BCUT2D eigenvalue weighted by Gasteiger charge is 2.56. The van der Waals surface area contributed by atoms with Crippen LogP contribution in [0.2, 0.25) is 0 Å². The molecule has 12 nitrogen and oxygen atoms in total. The van der Waals surface area contributed by atoms with Crippen LogP contribution < -0.4 is 0 Å². The smallest absolute Gasteiger partial charge is 0.356 e. The van der Waals surface area contributed by atoms with Gasteiger partial charge in [-0.2, -0.15) is 0 Å². The Morgan fingerprint density at radius 2 is 2.15 bits per heavy atom. The molecule has 0 unspecified atom stereocenters. The summed E-state index contributed by atoms with van der Waals surface area (Å²) in [6.45, 7) is 3.19. The molecule has 172 valence electrons. The van der Waals surface area contributed by atoms with Crippen LogP contribution in [0.25, 0.3) is 6.20 Å². The molecular weight excluding hydrogens is 452 g/mol. The number of amides is 1. The Balaban J connectivity index is 1.51. The monoisotopic (exact) mass is 472 g/mol. The van der Waals surface area contributed by atoms with Gasteiger partial charge in [0.2, 0.25) is 5.91 Å². The van der Waals surface area contributed by atoms with Crippen molar-refractivity contribution in [3.63, 3.8) is 0 Å². The number of carbonyl (C=O) groups excluding carboxylic acids is 2. The first-order valence-electron chi connectivity index (χ1n) is 10.0. The van der Waals surface area contributed by atoms with Crippen molar-refractivity contribution in [2.24, 2.45) is 5.92 Å². The van der Waals surface area contributed by atoms with Crippen LogP contribution in [0.1, 0.15) is 24.7 Å². The number of fused-ring (bicyclic) bond motifs is 1. The first kappa shape index (κ1) is 22.6. The molecule has 1 amide bonds. The number of aromatic nitrogens is 4. The lowest BCUT2D eigenvalue weighted by Gasteiger charge is -2.44. The maximum absolute atomic E-state index is 12.9. The molecular formula is C20H20N6O6S. The molecule has 1 aromatic heterocycles. The van der Waals surface area contributed by atoms with Gasteiger partial charge in [0.15, 0.2) is 5.82 Å². The lowest BCUT2D eigenvalue weighted by Crippen LogP contribution is -2.61. The number of nitro groups is 1. The summed E-state index contributed by atoms with van der Waals surface area (Å²) < 4.78 is 6.88. The highest BCUT2D eigenvalue weighted by molar-refractivity contribution is 8.06. The number of carbonyl (C=O) groups is 2. The van der Waals surface area contributed by atoms with Crippen LogP contribution in [0, 0.1) is 23.0 Å². The average Bonchev–Trinajstić information content (AvgIpc) is 3.33. The SMILES string of the molecule is Cc1nnnn1/C=C/SC1=C(C(=O)OCc2ccc([N+](=O)[O-])cc2)N2C(=O)[C@@H]([C@H](C)O)[C@H]2C1. The van der Waals surface area contributed by atoms with Crippen LogP contribution in [-0.2, 0) is 20.9 Å². The summed E-state index contributed by atoms with van der Waals surface area (Å²) >= 11 is 1.25. The molecule has 3 atom stereocenters. The Morgan fingerprint density at radius 3 is 2.76 bits per heavy atom. The second-order valence-corrected chi connectivity index (χ2v) is 8.59. The Hall–Kier alpha value is -3.58. The van der Waals surface area contributed by atoms with Crippen LogP contribution >= 0.6 is 11.8 Å². The minimum Gasteiger partial charge on any atom is -0.456 e. The molecule has 3 heterocycles. The first-order valence-corrected chi connectivity index (χ1v) is 10.9. The second-order valence-electron chi connectivity index (χ2n) is 7.59. The van der Waals surface area contributed by atoms with Gasteiger partial charge in [-0.15, -0.1) is 5.10 Å². The third-order valence-electron chi connectivity index (χ3n) is 5.47. The van der Waals surface area contributed by atoms with Gasteiger partial charge in [0.1, 0.15) is 12.3 Å². The lowest BCUT2D eigenvalue weighted by atomic mass is 9.83. The predicted octanol–water partition coefficient (Wildman–Crippen LogP) is 1.62. The molecule has 0 bridgehead atoms. The summed E-state index contributed by atoms with van der Waals surface area (Å²) in [5.74, 6) is -0.995. The van der Waals surface area contributed by atoms with Crippen molar-refractivity contribution in [3.8, 4) is 0 Å². The molecule has 2 aromatic rings. The molecule has 0 spiro atoms. The largest absolute Gasteiger partial charge is 0.456 e. The number of aliphatic hydroxyl groups is 1. The molecule has 1 aromatic carbocycles. The molecule has 2 aliphatic rings. The fourth-order valence-corrected chi connectivity index (χ4v) is 4.70. The zero-order chi connectivity index (χ0) is 23.7. The van der Waals surface area contributed by atoms with Crippen LogP contribution in [0.3, 0.4) is 0 Å². The van der Waals surface area contributed by atoms with E-state index in [9.17, 15) is 24.8 Å². The fraction of sp³-hybridized carbons (Fsp3) is 0.350. The molecule has 0 radical (unpaired) electrons. The first-order chi connectivity index (χ1) is 15.8. The highest BCUT2D eigenvalue weighted by atomic mass is 32.2. The molecule has 4 rings (SSSR count). The van der Waals surface area contributed by atoms with E-state index in [0.29, 0.717) is 22.7 Å². The number of non-ortho nitro benzene ring substituents is 1. The number of esters is 1. The zero-order valence-corrected chi connectivity index (χ0v) is 18.5. The normalized spacial score (nSPS) is 20.7. The maximum Gasteiger partial charge on any atom is 0.356 e. The predicted molar refractivity (Wildman–Crippen MR) is 116 cm³/mol. The summed E-state index contributed by atoms with van der Waals surface area (Å²) in [5, 5.41) is 33.6. The van der Waals surface area contributed by atoms with Crippen molar-refractivity contribution in [1.82, 2.24) is 25.1 Å². The van der Waals surface area contributed by atoms with E-state index in [1.807, 2.05) is 0 Å². The molecule has 1 fully saturated rings. The number of nitro benzene ring substituents is 1. The van der Waals surface area contributed by atoms with Crippen molar-refractivity contribution in [2.45, 2.75) is 39.0 Å². The average molecular weight is 472 g/mol. The van der Waals surface area contributed by atoms with Gasteiger partial charge in [0.05, 0.1) is 23.0 Å². The molecule has 1 saturated heterocycles. The van der Waals surface area contributed by atoms with Crippen molar-refractivity contribution in [3.05, 3.63) is 61.8 Å². The number of thioether (sulfide) groups is 1. The van der Waals surface area contributed by atoms with Gasteiger partial charge in [-0.3, -0.25) is 14.9 Å². The number of aryl methyl sites for hydroxylation is 1.